The number of aromatic carboxylic acids is 1. The SMILES string of the molecule is COc1onc(C(=O)O)c1-c1cccc(O)c1. The maximum atomic E-state index is 11.0. The van der Waals surface area contributed by atoms with E-state index in [4.69, 9.17) is 14.4 Å². The van der Waals surface area contributed by atoms with E-state index in [9.17, 15) is 9.90 Å². The number of aromatic nitrogens is 1. The Balaban J connectivity index is 2.64. The van der Waals surface area contributed by atoms with Crippen LogP contribution in [0, 0.1) is 0 Å². The number of carboxylic acid groups (broad SMARTS) is 1. The van der Waals surface area contributed by atoms with Gasteiger partial charge in [0, 0.05) is 0 Å². The molecule has 0 amide bonds. The molecule has 0 saturated heterocycles. The van der Waals surface area contributed by atoms with Crippen LogP contribution in [0.4, 0.5) is 0 Å². The Bertz CT molecular complexity index is 561. The fourth-order valence-electron chi connectivity index (χ4n) is 1.48. The van der Waals surface area contributed by atoms with Crippen LogP contribution in [-0.4, -0.2) is 28.4 Å². The van der Waals surface area contributed by atoms with E-state index in [0.29, 0.717) is 5.56 Å². The number of ether oxygens (including phenoxy) is 1. The molecule has 2 aromatic rings. The van der Waals surface area contributed by atoms with Gasteiger partial charge in [0.15, 0.2) is 0 Å². The maximum Gasteiger partial charge on any atom is 0.358 e. The molecule has 0 unspecified atom stereocenters. The summed E-state index contributed by atoms with van der Waals surface area (Å²) in [6.07, 6.45) is 0. The highest BCUT2D eigenvalue weighted by atomic mass is 16.6. The van der Waals surface area contributed by atoms with Gasteiger partial charge in [-0.05, 0) is 17.7 Å². The summed E-state index contributed by atoms with van der Waals surface area (Å²) in [7, 11) is 1.35. The normalized spacial score (nSPS) is 10.2. The topological polar surface area (TPSA) is 92.8 Å². The van der Waals surface area contributed by atoms with E-state index in [1.165, 1.54) is 19.2 Å². The highest BCUT2D eigenvalue weighted by Crippen LogP contribution is 2.34. The first-order valence-electron chi connectivity index (χ1n) is 4.70. The van der Waals surface area contributed by atoms with Crippen molar-refractivity contribution in [2.75, 3.05) is 7.11 Å². The van der Waals surface area contributed by atoms with Gasteiger partial charge in [-0.3, -0.25) is 0 Å². The predicted molar refractivity (Wildman–Crippen MR) is 57.1 cm³/mol. The molecule has 17 heavy (non-hydrogen) atoms. The molecule has 6 nitrogen and oxygen atoms in total. The Kier molecular flexibility index (Phi) is 2.70. The molecule has 0 aliphatic rings. The highest BCUT2D eigenvalue weighted by Gasteiger charge is 2.23. The van der Waals surface area contributed by atoms with Crippen molar-refractivity contribution in [3.8, 4) is 22.8 Å². The first kappa shape index (κ1) is 11.0. The molecule has 0 fully saturated rings. The van der Waals surface area contributed by atoms with E-state index in [1.807, 2.05) is 0 Å². The lowest BCUT2D eigenvalue weighted by molar-refractivity contribution is 0.0686. The summed E-state index contributed by atoms with van der Waals surface area (Å²) < 4.78 is 9.66. The smallest absolute Gasteiger partial charge is 0.358 e. The van der Waals surface area contributed by atoms with Crippen LogP contribution in [0.15, 0.2) is 28.8 Å². The number of methoxy groups -OCH3 is 1. The number of carbonyl (C=O) groups is 1. The summed E-state index contributed by atoms with van der Waals surface area (Å²) in [4.78, 5) is 11.0. The zero-order valence-electron chi connectivity index (χ0n) is 8.88. The average molecular weight is 235 g/mol. The molecule has 6 heteroatoms. The van der Waals surface area contributed by atoms with Crippen molar-refractivity contribution in [1.82, 2.24) is 5.16 Å². The van der Waals surface area contributed by atoms with Gasteiger partial charge in [0.25, 0.3) is 0 Å². The number of hydrogen-bond donors (Lipinski definition) is 2. The standard InChI is InChI=1S/C11H9NO5/c1-16-11-8(9(10(14)15)12-17-11)6-3-2-4-7(13)5-6/h2-5,13H,1H3,(H,14,15). The lowest BCUT2D eigenvalue weighted by atomic mass is 10.1. The molecule has 0 spiro atoms. The molecule has 0 atom stereocenters. The van der Waals surface area contributed by atoms with Gasteiger partial charge >= 0.3 is 11.9 Å². The third kappa shape index (κ3) is 1.92. The zero-order chi connectivity index (χ0) is 12.4. The number of rotatable bonds is 3. The van der Waals surface area contributed by atoms with Gasteiger partial charge in [-0.1, -0.05) is 17.3 Å². The highest BCUT2D eigenvalue weighted by molar-refractivity contribution is 5.95. The molecule has 0 bridgehead atoms. The predicted octanol–water partition coefficient (Wildman–Crippen LogP) is 1.75. The number of hydrogen-bond acceptors (Lipinski definition) is 5. The van der Waals surface area contributed by atoms with Crippen LogP contribution in [-0.2, 0) is 0 Å². The number of phenolic OH excluding ortho intramolecular Hbond substituents is 1. The monoisotopic (exact) mass is 235 g/mol. The molecule has 1 heterocycles. The van der Waals surface area contributed by atoms with Gasteiger partial charge in [0.05, 0.1) is 7.11 Å². The molecule has 88 valence electrons. The van der Waals surface area contributed by atoms with Crippen LogP contribution >= 0.6 is 0 Å². The second-order valence-electron chi connectivity index (χ2n) is 3.25. The number of carboxylic acids is 1. The van der Waals surface area contributed by atoms with Crippen molar-refractivity contribution in [3.05, 3.63) is 30.0 Å². The van der Waals surface area contributed by atoms with Gasteiger partial charge in [0.2, 0.25) is 5.69 Å². The van der Waals surface area contributed by atoms with Crippen LogP contribution in [0.2, 0.25) is 0 Å². The van der Waals surface area contributed by atoms with Gasteiger partial charge in [0.1, 0.15) is 11.3 Å². The fraction of sp³-hybridized carbons (Fsp3) is 0.0909. The van der Waals surface area contributed by atoms with Crippen LogP contribution in [0.1, 0.15) is 10.5 Å². The summed E-state index contributed by atoms with van der Waals surface area (Å²) in [5.41, 5.74) is 0.406. The Morgan fingerprint density at radius 1 is 1.47 bits per heavy atom. The molecule has 0 aliphatic carbocycles. The lowest BCUT2D eigenvalue weighted by Gasteiger charge is -2.01. The Morgan fingerprint density at radius 3 is 2.82 bits per heavy atom. The van der Waals surface area contributed by atoms with Gasteiger partial charge < -0.3 is 19.5 Å². The van der Waals surface area contributed by atoms with Gasteiger partial charge in [-0.25, -0.2) is 4.79 Å². The third-order valence-corrected chi connectivity index (χ3v) is 2.18. The molecule has 0 radical (unpaired) electrons. The Labute approximate surface area is 96.0 Å². The van der Waals surface area contributed by atoms with Crippen molar-refractivity contribution in [1.29, 1.82) is 0 Å². The summed E-state index contributed by atoms with van der Waals surface area (Å²) in [5.74, 6) is -1.22. The van der Waals surface area contributed by atoms with Crippen molar-refractivity contribution in [2.45, 2.75) is 0 Å². The van der Waals surface area contributed by atoms with Crippen LogP contribution in [0.3, 0.4) is 0 Å². The molecule has 2 rings (SSSR count). The number of phenols is 1. The number of benzene rings is 1. The van der Waals surface area contributed by atoms with Gasteiger partial charge in [-0.15, -0.1) is 0 Å². The van der Waals surface area contributed by atoms with E-state index in [2.05, 4.69) is 5.16 Å². The van der Waals surface area contributed by atoms with Crippen molar-refractivity contribution in [2.24, 2.45) is 0 Å². The average Bonchev–Trinajstić information content (AvgIpc) is 2.72. The molecule has 1 aromatic carbocycles. The van der Waals surface area contributed by atoms with Crippen molar-refractivity contribution in [3.63, 3.8) is 0 Å². The van der Waals surface area contributed by atoms with E-state index >= 15 is 0 Å². The second kappa shape index (κ2) is 4.17. The first-order chi connectivity index (χ1) is 8.13. The zero-order valence-corrected chi connectivity index (χ0v) is 8.88. The molecule has 0 aliphatic heterocycles. The van der Waals surface area contributed by atoms with Crippen LogP contribution in [0.25, 0.3) is 11.1 Å². The number of nitrogens with zero attached hydrogens (tertiary/aromatic N) is 1. The summed E-state index contributed by atoms with van der Waals surface area (Å²) in [5, 5.41) is 21.7. The number of aromatic hydroxyl groups is 1. The van der Waals surface area contributed by atoms with E-state index in [1.54, 1.807) is 12.1 Å². The molecule has 1 aromatic heterocycles. The minimum atomic E-state index is -1.23. The second-order valence-corrected chi connectivity index (χ2v) is 3.25. The summed E-state index contributed by atoms with van der Waals surface area (Å²) in [6, 6.07) is 6.09. The first-order valence-corrected chi connectivity index (χ1v) is 4.70. The summed E-state index contributed by atoms with van der Waals surface area (Å²) in [6.45, 7) is 0. The minimum absolute atomic E-state index is 0.00648. The summed E-state index contributed by atoms with van der Waals surface area (Å²) >= 11 is 0. The molecule has 0 saturated carbocycles. The van der Waals surface area contributed by atoms with E-state index in [0.717, 1.165) is 0 Å². The quantitative estimate of drug-likeness (QED) is 0.841. The third-order valence-electron chi connectivity index (χ3n) is 2.18. The molecular weight excluding hydrogens is 226 g/mol. The fourth-order valence-corrected chi connectivity index (χ4v) is 1.48. The Morgan fingerprint density at radius 2 is 2.24 bits per heavy atom. The Hall–Kier alpha value is -2.50. The lowest BCUT2D eigenvalue weighted by Crippen LogP contribution is -1.99. The molecular formula is C11H9NO5. The molecule has 2 N–H and O–H groups in total. The van der Waals surface area contributed by atoms with Gasteiger partial charge in [-0.2, -0.15) is 0 Å². The minimum Gasteiger partial charge on any atom is -0.508 e. The van der Waals surface area contributed by atoms with Crippen molar-refractivity contribution < 1.29 is 24.3 Å². The van der Waals surface area contributed by atoms with Crippen LogP contribution in [0.5, 0.6) is 11.7 Å². The maximum absolute atomic E-state index is 11.0. The van der Waals surface area contributed by atoms with Crippen molar-refractivity contribution >= 4 is 5.97 Å². The largest absolute Gasteiger partial charge is 0.508 e. The van der Waals surface area contributed by atoms with E-state index < -0.39 is 5.97 Å². The van der Waals surface area contributed by atoms with Crippen LogP contribution < -0.4 is 4.74 Å². The van der Waals surface area contributed by atoms with E-state index in [-0.39, 0.29) is 23.0 Å².